The summed E-state index contributed by atoms with van der Waals surface area (Å²) < 4.78 is 0. The Morgan fingerprint density at radius 3 is 2.89 bits per heavy atom. The predicted molar refractivity (Wildman–Crippen MR) is 74.9 cm³/mol. The molecule has 0 aliphatic heterocycles. The van der Waals surface area contributed by atoms with Gasteiger partial charge in [-0.1, -0.05) is 0 Å². The molecule has 94 valence electrons. The first-order valence-electron chi connectivity index (χ1n) is 6.42. The van der Waals surface area contributed by atoms with Crippen LogP contribution >= 0.6 is 11.3 Å². The molecule has 0 saturated carbocycles. The summed E-state index contributed by atoms with van der Waals surface area (Å²) in [7, 11) is 0. The van der Waals surface area contributed by atoms with Crippen molar-refractivity contribution in [2.24, 2.45) is 0 Å². The zero-order valence-electron chi connectivity index (χ0n) is 10.3. The van der Waals surface area contributed by atoms with Crippen LogP contribution in [-0.2, 0) is 12.8 Å². The molecule has 19 heavy (non-hydrogen) atoms. The molecule has 1 aliphatic carbocycles. The Hall–Kier alpha value is -1.85. The number of rotatable bonds is 2. The van der Waals surface area contributed by atoms with E-state index in [1.54, 1.807) is 6.33 Å². The summed E-state index contributed by atoms with van der Waals surface area (Å²) in [5, 5.41) is 3.38. The first-order chi connectivity index (χ1) is 9.42. The lowest BCUT2D eigenvalue weighted by atomic mass is 10.2. The fourth-order valence-corrected chi connectivity index (χ4v) is 3.92. The maximum atomic E-state index is 4.47. The van der Waals surface area contributed by atoms with Crippen molar-refractivity contribution in [2.45, 2.75) is 19.3 Å². The van der Waals surface area contributed by atoms with E-state index in [0.717, 1.165) is 16.3 Å². The molecule has 0 aromatic carbocycles. The first-order valence-corrected chi connectivity index (χ1v) is 7.23. The average molecular weight is 269 g/mol. The Balaban J connectivity index is 1.86. The summed E-state index contributed by atoms with van der Waals surface area (Å²) in [4.78, 5) is 15.6. The Kier molecular flexibility index (Phi) is 2.53. The third-order valence-corrected chi connectivity index (χ3v) is 4.74. The maximum absolute atomic E-state index is 4.47. The molecule has 1 aliphatic rings. The molecule has 5 heteroatoms. The second-order valence-corrected chi connectivity index (χ2v) is 5.80. The highest BCUT2D eigenvalue weighted by Gasteiger charge is 2.23. The minimum absolute atomic E-state index is 1.04. The average Bonchev–Trinajstić information content (AvgIpc) is 3.00. The Bertz CT molecular complexity index is 736. The van der Waals surface area contributed by atoms with Crippen molar-refractivity contribution >= 4 is 33.1 Å². The van der Waals surface area contributed by atoms with Gasteiger partial charge in [0.2, 0.25) is 5.82 Å². The smallest absolute Gasteiger partial charge is 0.241 e. The largest absolute Gasteiger partial charge is 0.264 e. The highest BCUT2D eigenvalue weighted by molar-refractivity contribution is 7.19. The fraction of sp³-hybridized carbons (Fsp3) is 0.214. The second-order valence-electron chi connectivity index (χ2n) is 4.72. The van der Waals surface area contributed by atoms with Crippen LogP contribution < -0.4 is 5.32 Å². The molecule has 2 N–H and O–H groups in total. The van der Waals surface area contributed by atoms with Gasteiger partial charge in [-0.05, 0) is 24.8 Å². The van der Waals surface area contributed by atoms with Gasteiger partial charge in [0.15, 0.2) is 0 Å². The van der Waals surface area contributed by atoms with Crippen LogP contribution in [0, 0.1) is 0 Å². The molecule has 0 bridgehead atoms. The molecule has 3 aromatic heterocycles. The topological polar surface area (TPSA) is 55.3 Å². The van der Waals surface area contributed by atoms with Gasteiger partial charge in [0.1, 0.15) is 16.8 Å². The molecule has 4 nitrogen and oxygen atoms in total. The number of fused-ring (bicyclic) bond motifs is 3. The van der Waals surface area contributed by atoms with Gasteiger partial charge >= 0.3 is 0 Å². The van der Waals surface area contributed by atoms with Crippen LogP contribution in [0.25, 0.3) is 10.2 Å². The summed E-state index contributed by atoms with van der Waals surface area (Å²) in [6.07, 6.45) is 8.91. The van der Waals surface area contributed by atoms with Crippen LogP contribution in [0.5, 0.6) is 0 Å². The quantitative estimate of drug-likeness (QED) is 0.775. The van der Waals surface area contributed by atoms with E-state index in [2.05, 4.69) is 20.3 Å². The number of hydrogen-bond donors (Lipinski definition) is 1. The number of hydrogen-bond acceptors (Lipinski definition) is 4. The van der Waals surface area contributed by atoms with Gasteiger partial charge in [0, 0.05) is 29.4 Å². The second kappa shape index (κ2) is 4.36. The van der Waals surface area contributed by atoms with E-state index in [1.165, 1.54) is 35.1 Å². The molecule has 0 fully saturated rings. The van der Waals surface area contributed by atoms with Crippen LogP contribution in [0.4, 0.5) is 11.5 Å². The summed E-state index contributed by atoms with van der Waals surface area (Å²) in [5.41, 5.74) is 2.61. The summed E-state index contributed by atoms with van der Waals surface area (Å²) >= 11 is 1.83. The summed E-state index contributed by atoms with van der Waals surface area (Å²) in [5.74, 6) is 1.04. The van der Waals surface area contributed by atoms with Gasteiger partial charge in [-0.2, -0.15) is 4.98 Å². The molecule has 3 heterocycles. The van der Waals surface area contributed by atoms with E-state index in [0.29, 0.717) is 0 Å². The van der Waals surface area contributed by atoms with E-state index in [4.69, 9.17) is 0 Å². The van der Waals surface area contributed by atoms with Crippen molar-refractivity contribution in [2.75, 3.05) is 0 Å². The number of aryl methyl sites for hydroxylation is 2. The molecule has 0 amide bonds. The Morgan fingerprint density at radius 1 is 1.11 bits per heavy atom. The van der Waals surface area contributed by atoms with Crippen molar-refractivity contribution in [3.05, 3.63) is 41.3 Å². The van der Waals surface area contributed by atoms with Crippen LogP contribution in [0.1, 0.15) is 16.9 Å². The summed E-state index contributed by atoms with van der Waals surface area (Å²) in [6.45, 7) is 0. The first kappa shape index (κ1) is 11.0. The molecular weight excluding hydrogens is 256 g/mol. The van der Waals surface area contributed by atoms with E-state index in [1.807, 2.05) is 35.9 Å². The van der Waals surface area contributed by atoms with Crippen LogP contribution in [0.3, 0.4) is 0 Å². The van der Waals surface area contributed by atoms with Gasteiger partial charge in [-0.25, -0.2) is 4.98 Å². The van der Waals surface area contributed by atoms with Gasteiger partial charge < -0.3 is 0 Å². The number of nitrogens with zero attached hydrogens (tertiary/aromatic N) is 3. The highest BCUT2D eigenvalue weighted by Crippen LogP contribution is 2.37. The van der Waals surface area contributed by atoms with Crippen molar-refractivity contribution in [3.63, 3.8) is 0 Å². The molecular formula is C14H13N4S+. The van der Waals surface area contributed by atoms with Gasteiger partial charge in [-0.3, -0.25) is 10.3 Å². The van der Waals surface area contributed by atoms with Gasteiger partial charge in [-0.15, -0.1) is 11.3 Å². The standard InChI is InChI=1S/C14H12N4S/c1-2-10-11(3-1)19-14-12(10)13(16-8-17-14)18-9-4-6-15-7-5-9/h4-8H,1-3H2,(H,15,16,17,18)/p+1. The van der Waals surface area contributed by atoms with Crippen molar-refractivity contribution in [3.8, 4) is 0 Å². The highest BCUT2D eigenvalue weighted by atomic mass is 32.1. The normalized spacial score (nSPS) is 13.9. The monoisotopic (exact) mass is 269 g/mol. The molecule has 3 aromatic rings. The van der Waals surface area contributed by atoms with Crippen LogP contribution in [0.15, 0.2) is 30.9 Å². The van der Waals surface area contributed by atoms with Gasteiger partial charge in [0.05, 0.1) is 5.39 Å². The Morgan fingerprint density at radius 2 is 2.00 bits per heavy atom. The molecule has 0 unspecified atom stereocenters. The van der Waals surface area contributed by atoms with Crippen LogP contribution in [-0.4, -0.2) is 15.0 Å². The molecule has 0 atom stereocenters. The summed E-state index contributed by atoms with van der Waals surface area (Å²) in [6, 6.07) is 4.00. The lowest BCUT2D eigenvalue weighted by molar-refractivity contribution is -0.481. The number of pyridine rings is 1. The number of thiophene rings is 1. The van der Waals surface area contributed by atoms with E-state index in [-0.39, 0.29) is 0 Å². The minimum atomic E-state index is 1.04. The van der Waals surface area contributed by atoms with Crippen LogP contribution in [0.2, 0.25) is 0 Å². The lowest BCUT2D eigenvalue weighted by Crippen LogP contribution is -2.71. The SMILES string of the molecule is c1cc([NH2+]c2ncnc3sc4c(c23)CCC4)ccn1. The molecule has 0 saturated heterocycles. The zero-order valence-corrected chi connectivity index (χ0v) is 11.2. The number of quaternary nitrogens is 1. The van der Waals surface area contributed by atoms with Crippen molar-refractivity contribution < 1.29 is 5.32 Å². The Labute approximate surface area is 114 Å². The minimum Gasteiger partial charge on any atom is -0.264 e. The number of aromatic nitrogens is 3. The lowest BCUT2D eigenvalue weighted by Gasteiger charge is -2.01. The third kappa shape index (κ3) is 1.82. The maximum Gasteiger partial charge on any atom is 0.241 e. The van der Waals surface area contributed by atoms with E-state index < -0.39 is 0 Å². The van der Waals surface area contributed by atoms with Gasteiger partial charge in [0.25, 0.3) is 0 Å². The van der Waals surface area contributed by atoms with Crippen molar-refractivity contribution in [1.82, 2.24) is 15.0 Å². The van der Waals surface area contributed by atoms with E-state index in [9.17, 15) is 0 Å². The fourth-order valence-electron chi connectivity index (χ4n) is 2.68. The van der Waals surface area contributed by atoms with Crippen molar-refractivity contribution in [1.29, 1.82) is 0 Å². The van der Waals surface area contributed by atoms with E-state index >= 15 is 0 Å². The predicted octanol–water partition coefficient (Wildman–Crippen LogP) is 2.10. The third-order valence-electron chi connectivity index (χ3n) is 3.54. The number of nitrogens with two attached hydrogens (primary N) is 1. The zero-order chi connectivity index (χ0) is 12.7. The molecule has 0 spiro atoms. The molecule has 4 rings (SSSR count). The molecule has 0 radical (unpaired) electrons.